The Morgan fingerprint density at radius 3 is 2.75 bits per heavy atom. The summed E-state index contributed by atoms with van der Waals surface area (Å²) in [5.74, 6) is 0.505. The van der Waals surface area contributed by atoms with Crippen molar-refractivity contribution in [3.63, 3.8) is 0 Å². The molecule has 0 spiro atoms. The highest BCUT2D eigenvalue weighted by atomic mass is 35.5. The molecule has 0 atom stereocenters. The first-order valence-electron chi connectivity index (χ1n) is 5.00. The van der Waals surface area contributed by atoms with Crippen LogP contribution >= 0.6 is 0 Å². The van der Waals surface area contributed by atoms with Crippen molar-refractivity contribution in [2.75, 3.05) is 20.2 Å². The second-order valence-corrected chi connectivity index (χ2v) is 3.16. The van der Waals surface area contributed by atoms with Crippen molar-refractivity contribution in [1.29, 1.82) is 0 Å². The van der Waals surface area contributed by atoms with Crippen LogP contribution in [0.5, 0.6) is 5.75 Å². The molecule has 4 nitrogen and oxygen atoms in total. The summed E-state index contributed by atoms with van der Waals surface area (Å²) in [5.41, 5.74) is 4.29. The Balaban J connectivity index is 0.00000225. The van der Waals surface area contributed by atoms with Gasteiger partial charge in [0.25, 0.3) is 5.91 Å². The van der Waals surface area contributed by atoms with Crippen molar-refractivity contribution in [2.24, 2.45) is 0 Å². The highest BCUT2D eigenvalue weighted by Gasteiger charge is 2.09. The fraction of sp³-hybridized carbons (Fsp3) is 0.364. The molecule has 1 rings (SSSR count). The normalized spacial score (nSPS) is 9.12. The topological polar surface area (TPSA) is 66.0 Å². The van der Waals surface area contributed by atoms with Gasteiger partial charge in [0.05, 0.1) is 19.2 Å². The van der Waals surface area contributed by atoms with Crippen LogP contribution in [0.3, 0.4) is 0 Å². The third-order valence-corrected chi connectivity index (χ3v) is 2.06. The second kappa shape index (κ2) is 7.96. The predicted octanol–water partition coefficient (Wildman–Crippen LogP) is -2.94. The van der Waals surface area contributed by atoms with Crippen molar-refractivity contribution < 1.29 is 27.7 Å². The maximum absolute atomic E-state index is 11.7. The largest absolute Gasteiger partial charge is 1.00 e. The number of carbonyl (C=O) groups excluding carboxylic acids is 1. The average molecular weight is 245 g/mol. The molecule has 0 radical (unpaired) electrons. The highest BCUT2D eigenvalue weighted by molar-refractivity contribution is 5.96. The quantitative estimate of drug-likeness (QED) is 0.545. The molecule has 0 fully saturated rings. The lowest BCUT2D eigenvalue weighted by Gasteiger charge is -2.07. The van der Waals surface area contributed by atoms with Crippen molar-refractivity contribution in [1.82, 2.24) is 5.32 Å². The van der Waals surface area contributed by atoms with Crippen molar-refractivity contribution >= 4 is 5.91 Å². The molecular formula is C11H17ClN2O2. The number of para-hydroxylation sites is 1. The van der Waals surface area contributed by atoms with Crippen LogP contribution in [0.2, 0.25) is 0 Å². The average Bonchev–Trinajstić information content (AvgIpc) is 2.29. The Morgan fingerprint density at radius 1 is 1.44 bits per heavy atom. The molecule has 0 bridgehead atoms. The minimum absolute atomic E-state index is 0. The van der Waals surface area contributed by atoms with Crippen LogP contribution in [0.4, 0.5) is 0 Å². The lowest BCUT2D eigenvalue weighted by atomic mass is 10.2. The van der Waals surface area contributed by atoms with Gasteiger partial charge in [-0.05, 0) is 12.1 Å². The Bertz CT molecular complexity index is 332. The van der Waals surface area contributed by atoms with Gasteiger partial charge in [0, 0.05) is 13.0 Å². The van der Waals surface area contributed by atoms with Crippen LogP contribution in [-0.2, 0) is 0 Å². The molecule has 0 aromatic heterocycles. The van der Waals surface area contributed by atoms with Crippen LogP contribution < -0.4 is 28.2 Å². The molecule has 0 aliphatic heterocycles. The molecule has 1 amide bonds. The molecule has 0 heterocycles. The van der Waals surface area contributed by atoms with E-state index in [1.165, 1.54) is 0 Å². The molecule has 90 valence electrons. The van der Waals surface area contributed by atoms with Crippen LogP contribution in [0.1, 0.15) is 16.8 Å². The third-order valence-electron chi connectivity index (χ3n) is 2.06. The van der Waals surface area contributed by atoms with Gasteiger partial charge in [-0.25, -0.2) is 0 Å². The van der Waals surface area contributed by atoms with Crippen LogP contribution in [0, 0.1) is 0 Å². The SMILES string of the molecule is COc1ccccc1C(=O)NCCC[NH3+].[Cl-]. The minimum Gasteiger partial charge on any atom is -1.00 e. The van der Waals surface area contributed by atoms with Gasteiger partial charge in [0.15, 0.2) is 0 Å². The van der Waals surface area contributed by atoms with E-state index >= 15 is 0 Å². The molecule has 0 saturated carbocycles. The maximum Gasteiger partial charge on any atom is 0.255 e. The molecule has 0 unspecified atom stereocenters. The van der Waals surface area contributed by atoms with Gasteiger partial charge < -0.3 is 28.2 Å². The molecule has 4 N–H and O–H groups in total. The number of ether oxygens (including phenoxy) is 1. The van der Waals surface area contributed by atoms with Gasteiger partial charge in [-0.3, -0.25) is 4.79 Å². The Morgan fingerprint density at radius 2 is 2.12 bits per heavy atom. The lowest BCUT2D eigenvalue weighted by Crippen LogP contribution is -3.00. The van der Waals surface area contributed by atoms with E-state index in [0.29, 0.717) is 17.9 Å². The van der Waals surface area contributed by atoms with Crippen LogP contribution in [0.15, 0.2) is 24.3 Å². The number of quaternary nitrogens is 1. The first-order valence-corrected chi connectivity index (χ1v) is 5.00. The van der Waals surface area contributed by atoms with E-state index in [4.69, 9.17) is 4.74 Å². The summed E-state index contributed by atoms with van der Waals surface area (Å²) in [5, 5.41) is 2.82. The predicted molar refractivity (Wildman–Crippen MR) is 57.7 cm³/mol. The van der Waals surface area contributed by atoms with E-state index in [1.807, 2.05) is 12.1 Å². The number of hydrogen-bond donors (Lipinski definition) is 2. The highest BCUT2D eigenvalue weighted by Crippen LogP contribution is 2.16. The van der Waals surface area contributed by atoms with Gasteiger partial charge in [-0.1, -0.05) is 12.1 Å². The fourth-order valence-electron chi connectivity index (χ4n) is 1.25. The zero-order chi connectivity index (χ0) is 11.1. The number of carbonyl (C=O) groups is 1. The van der Waals surface area contributed by atoms with Gasteiger partial charge in [-0.15, -0.1) is 0 Å². The van der Waals surface area contributed by atoms with Crippen molar-refractivity contribution in [3.05, 3.63) is 29.8 Å². The van der Waals surface area contributed by atoms with E-state index in [9.17, 15) is 4.79 Å². The fourth-order valence-corrected chi connectivity index (χ4v) is 1.25. The summed E-state index contributed by atoms with van der Waals surface area (Å²) < 4.78 is 5.10. The number of nitrogens with one attached hydrogen (secondary N) is 1. The standard InChI is InChI=1S/C11H16N2O2.ClH/c1-15-10-6-3-2-5-9(10)11(14)13-8-4-7-12;/h2-3,5-6H,4,7-8,12H2,1H3,(H,13,14);1H. The third kappa shape index (κ3) is 4.08. The monoisotopic (exact) mass is 244 g/mol. The summed E-state index contributed by atoms with van der Waals surface area (Å²) >= 11 is 0. The zero-order valence-corrected chi connectivity index (χ0v) is 10.1. The van der Waals surface area contributed by atoms with Crippen molar-refractivity contribution in [3.8, 4) is 5.75 Å². The van der Waals surface area contributed by atoms with E-state index in [-0.39, 0.29) is 18.3 Å². The Labute approximate surface area is 102 Å². The number of amides is 1. The molecule has 0 aliphatic carbocycles. The Kier molecular flexibility index (Phi) is 7.33. The Hall–Kier alpha value is -1.26. The van der Waals surface area contributed by atoms with Crippen LogP contribution in [-0.4, -0.2) is 26.1 Å². The summed E-state index contributed by atoms with van der Waals surface area (Å²) in [7, 11) is 1.56. The summed E-state index contributed by atoms with van der Waals surface area (Å²) in [6, 6.07) is 7.18. The summed E-state index contributed by atoms with van der Waals surface area (Å²) in [6.45, 7) is 1.48. The summed E-state index contributed by atoms with van der Waals surface area (Å²) in [6.07, 6.45) is 0.890. The minimum atomic E-state index is -0.0964. The molecule has 16 heavy (non-hydrogen) atoms. The van der Waals surface area contributed by atoms with Crippen molar-refractivity contribution in [2.45, 2.75) is 6.42 Å². The zero-order valence-electron chi connectivity index (χ0n) is 9.33. The van der Waals surface area contributed by atoms with Crippen LogP contribution in [0.25, 0.3) is 0 Å². The van der Waals surface area contributed by atoms with Gasteiger partial charge >= 0.3 is 0 Å². The molecule has 5 heteroatoms. The first-order chi connectivity index (χ1) is 7.29. The van der Waals surface area contributed by atoms with Gasteiger partial charge in [-0.2, -0.15) is 0 Å². The molecule has 0 saturated heterocycles. The second-order valence-electron chi connectivity index (χ2n) is 3.16. The lowest BCUT2D eigenvalue weighted by molar-refractivity contribution is -0.367. The van der Waals surface area contributed by atoms with E-state index in [2.05, 4.69) is 11.1 Å². The molecule has 1 aromatic carbocycles. The van der Waals surface area contributed by atoms with E-state index in [1.54, 1.807) is 19.2 Å². The molecule has 0 aliphatic rings. The number of rotatable bonds is 5. The number of benzene rings is 1. The number of halogens is 1. The molecular weight excluding hydrogens is 228 g/mol. The van der Waals surface area contributed by atoms with E-state index < -0.39 is 0 Å². The number of hydrogen-bond acceptors (Lipinski definition) is 2. The van der Waals surface area contributed by atoms with Gasteiger partial charge in [0.2, 0.25) is 0 Å². The first kappa shape index (κ1) is 14.7. The number of methoxy groups -OCH3 is 1. The van der Waals surface area contributed by atoms with Gasteiger partial charge in [0.1, 0.15) is 5.75 Å². The summed E-state index contributed by atoms with van der Waals surface area (Å²) in [4.78, 5) is 11.7. The molecule has 1 aromatic rings. The van der Waals surface area contributed by atoms with E-state index in [0.717, 1.165) is 13.0 Å². The smallest absolute Gasteiger partial charge is 0.255 e. The maximum atomic E-state index is 11.7.